The molecule has 2 unspecified atom stereocenters. The third-order valence-corrected chi connectivity index (χ3v) is 12.5. The zero-order chi connectivity index (χ0) is 50.2. The minimum Gasteiger partial charge on any atom is -0.493 e. The average molecular weight is 964 g/mol. The number of likely N-dealkylation sites (N-methyl/N-ethyl adjacent to an activating group) is 1. The Balaban J connectivity index is 1.51. The molecule has 0 spiro atoms. The molecular weight excluding hydrogens is 903 g/mol. The number of nitrogens with zero attached hydrogens (tertiary/aromatic N) is 5. The van der Waals surface area contributed by atoms with Crippen molar-refractivity contribution in [1.82, 2.24) is 41.0 Å². The number of rotatable bonds is 17. The van der Waals surface area contributed by atoms with Gasteiger partial charge in [-0.1, -0.05) is 30.3 Å². The van der Waals surface area contributed by atoms with E-state index in [9.17, 15) is 36.9 Å². The zero-order valence-electron chi connectivity index (χ0n) is 39.9. The van der Waals surface area contributed by atoms with Gasteiger partial charge in [0.15, 0.2) is 22.7 Å². The third-order valence-electron chi connectivity index (χ3n) is 11.3. The molecule has 0 bridgehead atoms. The molecule has 0 saturated carbocycles. The molecule has 6 atom stereocenters. The lowest BCUT2D eigenvalue weighted by Crippen LogP contribution is -2.59. The molecule has 68 heavy (non-hydrogen) atoms. The molecule has 3 heterocycles. The first-order chi connectivity index (χ1) is 32.0. The number of hydrogen-bond donors (Lipinski definition) is 7. The van der Waals surface area contributed by atoms with Crippen molar-refractivity contribution in [3.05, 3.63) is 89.5 Å². The number of hydrogen-bond acceptors (Lipinski definition) is 15. The summed E-state index contributed by atoms with van der Waals surface area (Å²) in [5.41, 5.74) is 2.85. The van der Waals surface area contributed by atoms with Crippen molar-refractivity contribution < 1.29 is 51.3 Å². The van der Waals surface area contributed by atoms with Gasteiger partial charge in [0.05, 0.1) is 48.2 Å². The number of amides is 5. The van der Waals surface area contributed by atoms with Gasteiger partial charge in [0.2, 0.25) is 17.6 Å². The van der Waals surface area contributed by atoms with Crippen molar-refractivity contribution in [2.24, 2.45) is 12.0 Å². The second-order valence-corrected chi connectivity index (χ2v) is 18.4. The molecule has 22 nitrogen and oxygen atoms in total. The number of benzene rings is 2. The number of aromatic nitrogens is 2. The SMILES string of the molecule is C/C=C\C(=NC(C)(C)/C=C\NC)NC(=O)c1nc(NOc2cc3c(cc2OC)C(=O)N2Cc4ccccc4C[C@H]2C(S(=O)(=O)O)N3C(=O)O[C@@H](C)C(C)NC(=O)[C@@H](C)NC(=O)[C@@H](C)NC)cn1C. The van der Waals surface area contributed by atoms with Crippen LogP contribution in [0.4, 0.5) is 16.3 Å². The maximum absolute atomic E-state index is 14.7. The number of methoxy groups -OCH3 is 1. The maximum Gasteiger partial charge on any atom is 0.415 e. The quantitative estimate of drug-likeness (QED) is 0.0444. The van der Waals surface area contributed by atoms with Gasteiger partial charge in [-0.3, -0.25) is 33.6 Å². The van der Waals surface area contributed by atoms with Crippen LogP contribution in [0.1, 0.15) is 80.6 Å². The van der Waals surface area contributed by atoms with E-state index >= 15 is 0 Å². The molecule has 0 saturated heterocycles. The van der Waals surface area contributed by atoms with Crippen molar-refractivity contribution in [3.63, 3.8) is 0 Å². The molecule has 23 heteroatoms. The number of aryl methyl sites for hydroxylation is 1. The van der Waals surface area contributed by atoms with Crippen LogP contribution in [0.3, 0.4) is 0 Å². The van der Waals surface area contributed by atoms with E-state index in [1.165, 1.54) is 55.7 Å². The van der Waals surface area contributed by atoms with Crippen LogP contribution in [-0.4, -0.2) is 125 Å². The lowest BCUT2D eigenvalue weighted by Gasteiger charge is -2.40. The first-order valence-electron chi connectivity index (χ1n) is 21.7. The normalized spacial score (nSPS) is 18.0. The number of aliphatic imine (C=N–C) groups is 1. The summed E-state index contributed by atoms with van der Waals surface area (Å²) in [5.74, 6) is -2.26. The Morgan fingerprint density at radius 2 is 1.68 bits per heavy atom. The van der Waals surface area contributed by atoms with Crippen molar-refractivity contribution in [3.8, 4) is 11.5 Å². The minimum atomic E-state index is -5.25. The van der Waals surface area contributed by atoms with Crippen molar-refractivity contribution >= 4 is 57.2 Å². The second-order valence-electron chi connectivity index (χ2n) is 16.9. The van der Waals surface area contributed by atoms with Crippen LogP contribution in [-0.2, 0) is 44.5 Å². The number of allylic oxidation sites excluding steroid dienone is 1. The number of ether oxygens (including phenoxy) is 2. The van der Waals surface area contributed by atoms with Crippen LogP contribution in [0, 0.1) is 0 Å². The van der Waals surface area contributed by atoms with E-state index in [-0.39, 0.29) is 53.2 Å². The Labute approximate surface area is 395 Å². The summed E-state index contributed by atoms with van der Waals surface area (Å²) in [6, 6.07) is 5.74. The van der Waals surface area contributed by atoms with E-state index < -0.39 is 81.0 Å². The first-order valence-corrected chi connectivity index (χ1v) is 23.2. The summed E-state index contributed by atoms with van der Waals surface area (Å²) < 4.78 is 51.4. The molecule has 7 N–H and O–H groups in total. The molecule has 1 aromatic heterocycles. The van der Waals surface area contributed by atoms with E-state index in [4.69, 9.17) is 14.3 Å². The lowest BCUT2D eigenvalue weighted by molar-refractivity contribution is -0.130. The van der Waals surface area contributed by atoms with Gasteiger partial charge in [0.25, 0.3) is 21.9 Å². The molecule has 2 aromatic carbocycles. The van der Waals surface area contributed by atoms with Crippen molar-refractivity contribution in [2.75, 3.05) is 31.6 Å². The summed E-state index contributed by atoms with van der Waals surface area (Å²) in [7, 11) is 0.982. The van der Waals surface area contributed by atoms with Gasteiger partial charge >= 0.3 is 6.09 Å². The summed E-state index contributed by atoms with van der Waals surface area (Å²) in [6.07, 6.45) is 5.85. The highest BCUT2D eigenvalue weighted by molar-refractivity contribution is 7.86. The Kier molecular flexibility index (Phi) is 16.6. The molecule has 5 rings (SSSR count). The number of anilines is 2. The highest BCUT2D eigenvalue weighted by atomic mass is 32.2. The minimum absolute atomic E-state index is 0.0322. The summed E-state index contributed by atoms with van der Waals surface area (Å²) in [5, 5.41) is 11.6. The van der Waals surface area contributed by atoms with Crippen LogP contribution in [0.15, 0.2) is 72.0 Å². The predicted molar refractivity (Wildman–Crippen MR) is 254 cm³/mol. The predicted octanol–water partition coefficient (Wildman–Crippen LogP) is 2.79. The number of imidazole rings is 1. The summed E-state index contributed by atoms with van der Waals surface area (Å²) >= 11 is 0. The molecule has 2 aliphatic heterocycles. The van der Waals surface area contributed by atoms with Gasteiger partial charge in [-0.2, -0.15) is 8.42 Å². The standard InChI is InChI=1S/C45H61N11O11S/c1-12-15-36(52-45(6,7)18-19-46-8)51-41(59)38-50-37(24-54(38)10)53-67-35-22-32-31(21-34(35)65-11)42(60)55-23-30-17-14-13-16-29(30)20-33(55)43(68(62,63)64)56(32)44(61)66-28(5)25(2)48-40(58)27(4)49-39(57)26(3)47-9/h12-19,21-22,24-28,33,43,46-47,53H,20,23H2,1-11H3,(H,48,58)(H,49,57)(H,51,52,59)(H,62,63,64)/b15-12-,19-18-/t25?,26-,27-,28+,33+,43?/m1/s1. The Hall–Kier alpha value is -6.98. The van der Waals surface area contributed by atoms with Gasteiger partial charge in [-0.15, -0.1) is 0 Å². The van der Waals surface area contributed by atoms with Gasteiger partial charge in [0, 0.05) is 26.7 Å². The van der Waals surface area contributed by atoms with E-state index in [2.05, 4.69) is 42.0 Å². The van der Waals surface area contributed by atoms with Gasteiger partial charge in [-0.05, 0) is 97.5 Å². The van der Waals surface area contributed by atoms with Crippen molar-refractivity contribution in [2.45, 2.75) is 103 Å². The molecule has 0 aliphatic carbocycles. The van der Waals surface area contributed by atoms with Crippen LogP contribution in [0.25, 0.3) is 0 Å². The average Bonchev–Trinajstić information content (AvgIpc) is 3.62. The smallest absolute Gasteiger partial charge is 0.415 e. The van der Waals surface area contributed by atoms with Gasteiger partial charge < -0.3 is 50.4 Å². The van der Waals surface area contributed by atoms with E-state index in [0.29, 0.717) is 10.5 Å². The molecule has 5 amide bonds. The third kappa shape index (κ3) is 12.1. The Bertz CT molecular complexity index is 2590. The fourth-order valence-electron chi connectivity index (χ4n) is 7.41. The van der Waals surface area contributed by atoms with Crippen LogP contribution in [0.5, 0.6) is 11.5 Å². The van der Waals surface area contributed by atoms with E-state index in [1.807, 2.05) is 19.9 Å². The van der Waals surface area contributed by atoms with Crippen LogP contribution in [0.2, 0.25) is 0 Å². The zero-order valence-corrected chi connectivity index (χ0v) is 40.7. The highest BCUT2D eigenvalue weighted by Crippen LogP contribution is 2.43. The molecule has 2 aliphatic rings. The maximum atomic E-state index is 14.7. The summed E-state index contributed by atoms with van der Waals surface area (Å²) in [6.45, 7) is 11.5. The highest BCUT2D eigenvalue weighted by Gasteiger charge is 2.51. The lowest BCUT2D eigenvalue weighted by atomic mass is 9.93. The van der Waals surface area contributed by atoms with Gasteiger partial charge in [0.1, 0.15) is 18.0 Å². The molecule has 0 radical (unpaired) electrons. The van der Waals surface area contributed by atoms with E-state index in [0.717, 1.165) is 5.56 Å². The van der Waals surface area contributed by atoms with Gasteiger partial charge in [-0.25, -0.2) is 15.3 Å². The number of carbonyl (C=O) groups excluding carboxylic acids is 5. The molecule has 368 valence electrons. The number of amidine groups is 1. The van der Waals surface area contributed by atoms with Crippen LogP contribution >= 0.6 is 0 Å². The second kappa shape index (κ2) is 21.8. The fraction of sp³-hybridized carbons (Fsp3) is 0.444. The largest absolute Gasteiger partial charge is 0.493 e. The van der Waals surface area contributed by atoms with Crippen LogP contribution < -0.4 is 46.5 Å². The first kappa shape index (κ1) is 52.0. The molecular formula is C45H61N11O11S. The fourth-order valence-corrected chi connectivity index (χ4v) is 8.51. The van der Waals surface area contributed by atoms with Crippen molar-refractivity contribution in [1.29, 1.82) is 0 Å². The Morgan fingerprint density at radius 1 is 1.00 bits per heavy atom. The number of fused-ring (bicyclic) bond motifs is 3. The van der Waals surface area contributed by atoms with E-state index in [1.54, 1.807) is 77.6 Å². The number of carbonyl (C=O) groups is 5. The monoisotopic (exact) mass is 963 g/mol. The number of nitrogens with one attached hydrogen (secondary N) is 6. The summed E-state index contributed by atoms with van der Waals surface area (Å²) in [4.78, 5) is 85.3. The molecule has 0 fully saturated rings. The topological polar surface area (TPSA) is 276 Å². The molecule has 3 aromatic rings. The Morgan fingerprint density at radius 3 is 2.31 bits per heavy atom.